The summed E-state index contributed by atoms with van der Waals surface area (Å²) in [6.07, 6.45) is 7.86. The summed E-state index contributed by atoms with van der Waals surface area (Å²) in [5.41, 5.74) is 0. The van der Waals surface area contributed by atoms with Gasteiger partial charge in [0.1, 0.15) is 0 Å². The zero-order valence-electron chi connectivity index (χ0n) is 8.93. The molecule has 0 aliphatic carbocycles. The van der Waals surface area contributed by atoms with Crippen LogP contribution in [0.4, 0.5) is 0 Å². The molecule has 0 aromatic rings. The molecule has 0 spiro atoms. The molecule has 1 aliphatic rings. The Kier molecular flexibility index (Phi) is 7.47. The summed E-state index contributed by atoms with van der Waals surface area (Å²) in [6, 6.07) is 0. The first kappa shape index (κ1) is 12.3. The van der Waals surface area contributed by atoms with Crippen molar-refractivity contribution in [1.82, 2.24) is 5.32 Å². The second-order valence-electron chi connectivity index (χ2n) is 3.92. The molecule has 3 heteroatoms. The second kappa shape index (κ2) is 8.51. The van der Waals surface area contributed by atoms with Crippen molar-refractivity contribution in [3.63, 3.8) is 0 Å². The Hall–Kier alpha value is 0.210. The maximum atomic E-state index is 5.59. The van der Waals surface area contributed by atoms with E-state index in [9.17, 15) is 0 Å². The van der Waals surface area contributed by atoms with E-state index >= 15 is 0 Å². The number of ether oxygens (including phenoxy) is 1. The first-order valence-electron chi connectivity index (χ1n) is 5.82. The van der Waals surface area contributed by atoms with Gasteiger partial charge in [0.25, 0.3) is 0 Å². The van der Waals surface area contributed by atoms with Crippen LogP contribution in [0, 0.1) is 0 Å². The minimum atomic E-state index is 0.533. The van der Waals surface area contributed by atoms with E-state index in [-0.39, 0.29) is 0 Å². The number of hydrogen-bond acceptors (Lipinski definition) is 2. The van der Waals surface area contributed by atoms with Gasteiger partial charge in [0.2, 0.25) is 0 Å². The maximum absolute atomic E-state index is 5.59. The number of unbranched alkanes of at least 4 members (excludes halogenated alkanes) is 2. The SMILES string of the molecule is ClCCCCCNCCC1CCCO1. The zero-order chi connectivity index (χ0) is 10.1. The van der Waals surface area contributed by atoms with Gasteiger partial charge < -0.3 is 10.1 Å². The van der Waals surface area contributed by atoms with Crippen molar-refractivity contribution >= 4 is 11.6 Å². The van der Waals surface area contributed by atoms with Gasteiger partial charge in [-0.1, -0.05) is 6.42 Å². The molecule has 1 N–H and O–H groups in total. The third kappa shape index (κ3) is 5.84. The highest BCUT2D eigenvalue weighted by molar-refractivity contribution is 6.17. The molecule has 1 rings (SSSR count). The van der Waals surface area contributed by atoms with E-state index in [0.29, 0.717) is 6.10 Å². The molecule has 84 valence electrons. The van der Waals surface area contributed by atoms with Gasteiger partial charge in [-0.05, 0) is 45.2 Å². The molecule has 0 bridgehead atoms. The molecule has 0 saturated carbocycles. The van der Waals surface area contributed by atoms with E-state index in [0.717, 1.165) is 32.0 Å². The van der Waals surface area contributed by atoms with Crippen LogP contribution in [0.25, 0.3) is 0 Å². The maximum Gasteiger partial charge on any atom is 0.0588 e. The molecule has 0 aromatic carbocycles. The standard InChI is InChI=1S/C11H22ClNO/c12-7-2-1-3-8-13-9-6-11-5-4-10-14-11/h11,13H,1-10H2. The summed E-state index contributed by atoms with van der Waals surface area (Å²) in [7, 11) is 0. The summed E-state index contributed by atoms with van der Waals surface area (Å²) >= 11 is 5.59. The minimum Gasteiger partial charge on any atom is -0.378 e. The molecule has 0 aromatic heterocycles. The predicted molar refractivity (Wildman–Crippen MR) is 61.0 cm³/mol. The van der Waals surface area contributed by atoms with E-state index in [2.05, 4.69) is 5.32 Å². The number of nitrogens with one attached hydrogen (secondary N) is 1. The molecule has 0 radical (unpaired) electrons. The van der Waals surface area contributed by atoms with Gasteiger partial charge in [-0.2, -0.15) is 0 Å². The molecule has 1 saturated heterocycles. The summed E-state index contributed by atoms with van der Waals surface area (Å²) < 4.78 is 5.54. The highest BCUT2D eigenvalue weighted by Crippen LogP contribution is 2.14. The molecule has 1 atom stereocenters. The van der Waals surface area contributed by atoms with Crippen LogP contribution in [0.5, 0.6) is 0 Å². The Balaban J connectivity index is 1.75. The summed E-state index contributed by atoms with van der Waals surface area (Å²) in [5.74, 6) is 0.802. The topological polar surface area (TPSA) is 21.3 Å². The first-order chi connectivity index (χ1) is 6.93. The fourth-order valence-corrected chi connectivity index (χ4v) is 1.97. The first-order valence-corrected chi connectivity index (χ1v) is 6.35. The monoisotopic (exact) mass is 219 g/mol. The average molecular weight is 220 g/mol. The van der Waals surface area contributed by atoms with E-state index < -0.39 is 0 Å². The lowest BCUT2D eigenvalue weighted by Gasteiger charge is -2.09. The molecule has 1 unspecified atom stereocenters. The van der Waals surface area contributed by atoms with Crippen molar-refractivity contribution in [2.45, 2.75) is 44.6 Å². The second-order valence-corrected chi connectivity index (χ2v) is 4.30. The summed E-state index contributed by atoms with van der Waals surface area (Å²) in [5, 5.41) is 3.45. The van der Waals surface area contributed by atoms with E-state index in [4.69, 9.17) is 16.3 Å². The zero-order valence-corrected chi connectivity index (χ0v) is 9.69. The van der Waals surface area contributed by atoms with Crippen molar-refractivity contribution in [2.75, 3.05) is 25.6 Å². The summed E-state index contributed by atoms with van der Waals surface area (Å²) in [6.45, 7) is 3.20. The Morgan fingerprint density at radius 3 is 2.86 bits per heavy atom. The van der Waals surface area contributed by atoms with Crippen LogP contribution in [0.2, 0.25) is 0 Å². The fourth-order valence-electron chi connectivity index (χ4n) is 1.78. The highest BCUT2D eigenvalue weighted by Gasteiger charge is 2.13. The largest absolute Gasteiger partial charge is 0.378 e. The Morgan fingerprint density at radius 2 is 2.14 bits per heavy atom. The Morgan fingerprint density at radius 1 is 1.21 bits per heavy atom. The normalized spacial score (nSPS) is 21.6. The van der Waals surface area contributed by atoms with Gasteiger partial charge in [0.05, 0.1) is 6.10 Å². The third-order valence-corrected chi connectivity index (χ3v) is 2.92. The van der Waals surface area contributed by atoms with Gasteiger partial charge in [0.15, 0.2) is 0 Å². The molecule has 0 amide bonds. The van der Waals surface area contributed by atoms with Crippen LogP contribution in [-0.4, -0.2) is 31.7 Å². The Labute approximate surface area is 92.3 Å². The van der Waals surface area contributed by atoms with Crippen molar-refractivity contribution in [1.29, 1.82) is 0 Å². The van der Waals surface area contributed by atoms with Crippen LogP contribution in [-0.2, 0) is 4.74 Å². The molecule has 1 heterocycles. The van der Waals surface area contributed by atoms with Gasteiger partial charge in [-0.3, -0.25) is 0 Å². The van der Waals surface area contributed by atoms with Crippen molar-refractivity contribution in [3.05, 3.63) is 0 Å². The van der Waals surface area contributed by atoms with Gasteiger partial charge in [-0.25, -0.2) is 0 Å². The highest BCUT2D eigenvalue weighted by atomic mass is 35.5. The van der Waals surface area contributed by atoms with Crippen molar-refractivity contribution in [3.8, 4) is 0 Å². The number of halogens is 1. The van der Waals surface area contributed by atoms with Crippen molar-refractivity contribution in [2.24, 2.45) is 0 Å². The van der Waals surface area contributed by atoms with Crippen LogP contribution in [0.1, 0.15) is 38.5 Å². The number of rotatable bonds is 8. The van der Waals surface area contributed by atoms with E-state index in [1.165, 1.54) is 32.1 Å². The number of hydrogen-bond donors (Lipinski definition) is 1. The molecule has 2 nitrogen and oxygen atoms in total. The fraction of sp³-hybridized carbons (Fsp3) is 1.00. The minimum absolute atomic E-state index is 0.533. The molecule has 1 fully saturated rings. The summed E-state index contributed by atoms with van der Waals surface area (Å²) in [4.78, 5) is 0. The van der Waals surface area contributed by atoms with Crippen LogP contribution in [0.3, 0.4) is 0 Å². The van der Waals surface area contributed by atoms with Crippen molar-refractivity contribution < 1.29 is 4.74 Å². The van der Waals surface area contributed by atoms with Gasteiger partial charge in [-0.15, -0.1) is 11.6 Å². The lowest BCUT2D eigenvalue weighted by atomic mass is 10.2. The smallest absolute Gasteiger partial charge is 0.0588 e. The predicted octanol–water partition coefficient (Wildman–Crippen LogP) is 2.55. The molecule has 1 aliphatic heterocycles. The lowest BCUT2D eigenvalue weighted by Crippen LogP contribution is -2.21. The lowest BCUT2D eigenvalue weighted by molar-refractivity contribution is 0.104. The van der Waals surface area contributed by atoms with Gasteiger partial charge >= 0.3 is 0 Å². The quantitative estimate of drug-likeness (QED) is 0.501. The molecule has 14 heavy (non-hydrogen) atoms. The Bertz CT molecular complexity index is 126. The average Bonchev–Trinajstić information content (AvgIpc) is 2.69. The third-order valence-electron chi connectivity index (χ3n) is 2.65. The van der Waals surface area contributed by atoms with Crippen LogP contribution in [0.15, 0.2) is 0 Å². The van der Waals surface area contributed by atoms with Crippen LogP contribution >= 0.6 is 11.6 Å². The van der Waals surface area contributed by atoms with E-state index in [1.54, 1.807) is 0 Å². The van der Waals surface area contributed by atoms with E-state index in [1.807, 2.05) is 0 Å². The molecular formula is C11H22ClNO. The van der Waals surface area contributed by atoms with Gasteiger partial charge in [0, 0.05) is 12.5 Å². The number of alkyl halides is 1. The van der Waals surface area contributed by atoms with Crippen LogP contribution < -0.4 is 5.32 Å². The molecular weight excluding hydrogens is 198 g/mol.